The average molecular weight is 478 g/mol. The summed E-state index contributed by atoms with van der Waals surface area (Å²) in [7, 11) is 0. The van der Waals surface area contributed by atoms with Crippen molar-refractivity contribution in [1.82, 2.24) is 20.2 Å². The molecule has 0 saturated carbocycles. The summed E-state index contributed by atoms with van der Waals surface area (Å²) in [6.45, 7) is 3.07. The third-order valence-corrected chi connectivity index (χ3v) is 5.32. The van der Waals surface area contributed by atoms with Crippen LogP contribution in [0.2, 0.25) is 0 Å². The molecule has 0 bridgehead atoms. The molecule has 0 atom stereocenters. The van der Waals surface area contributed by atoms with Gasteiger partial charge in [-0.25, -0.2) is 9.37 Å². The Morgan fingerprint density at radius 2 is 1.91 bits per heavy atom. The molecule has 1 aliphatic rings. The van der Waals surface area contributed by atoms with E-state index in [0.29, 0.717) is 49.1 Å². The number of aromatic amines is 1. The summed E-state index contributed by atoms with van der Waals surface area (Å²) in [4.78, 5) is 20.0. The molecule has 0 amide bonds. The number of hydrogen-bond acceptors (Lipinski definition) is 9. The molecule has 35 heavy (non-hydrogen) atoms. The first-order chi connectivity index (χ1) is 17.1. The number of halogens is 1. The van der Waals surface area contributed by atoms with Crippen molar-refractivity contribution in [2.45, 2.75) is 19.8 Å². The number of ether oxygens (including phenoxy) is 3. The third kappa shape index (κ3) is 5.08. The van der Waals surface area contributed by atoms with Gasteiger partial charge in [-0.1, -0.05) is 0 Å². The smallest absolute Gasteiger partial charge is 0.306 e. The van der Waals surface area contributed by atoms with Gasteiger partial charge in [0, 0.05) is 29.2 Å². The molecule has 2 aromatic heterocycles. The van der Waals surface area contributed by atoms with Crippen molar-refractivity contribution in [2.24, 2.45) is 0 Å². The van der Waals surface area contributed by atoms with E-state index in [-0.39, 0.29) is 24.2 Å². The monoisotopic (exact) mass is 478 g/mol. The summed E-state index contributed by atoms with van der Waals surface area (Å²) in [5, 5.41) is 14.2. The maximum Gasteiger partial charge on any atom is 0.306 e. The molecule has 0 saturated heterocycles. The van der Waals surface area contributed by atoms with E-state index in [1.807, 2.05) is 18.2 Å². The summed E-state index contributed by atoms with van der Waals surface area (Å²) in [6.07, 6.45) is 1.77. The zero-order chi connectivity index (χ0) is 24.2. The van der Waals surface area contributed by atoms with Crippen LogP contribution in [0.3, 0.4) is 0 Å². The van der Waals surface area contributed by atoms with Gasteiger partial charge in [0.15, 0.2) is 23.1 Å². The highest BCUT2D eigenvalue weighted by atomic mass is 19.1. The Morgan fingerprint density at radius 3 is 2.77 bits per heavy atom. The molecule has 180 valence electrons. The van der Waals surface area contributed by atoms with Gasteiger partial charge in [0.25, 0.3) is 0 Å². The Hall–Kier alpha value is -4.41. The van der Waals surface area contributed by atoms with Crippen LogP contribution in [0.15, 0.2) is 42.6 Å². The molecule has 3 heterocycles. The average Bonchev–Trinajstić information content (AvgIpc) is 3.27. The van der Waals surface area contributed by atoms with E-state index in [4.69, 9.17) is 14.2 Å². The summed E-state index contributed by atoms with van der Waals surface area (Å²) in [5.41, 5.74) is 2.87. The molecular formula is C24H23FN6O4. The van der Waals surface area contributed by atoms with Crippen molar-refractivity contribution in [3.05, 3.63) is 54.1 Å². The fraction of sp³-hybridized carbons (Fsp3) is 0.250. The Bertz CT molecular complexity index is 1380. The number of aromatic nitrogens is 4. The molecule has 0 fully saturated rings. The first-order valence-corrected chi connectivity index (χ1v) is 11.2. The molecule has 4 aromatic rings. The van der Waals surface area contributed by atoms with E-state index in [9.17, 15) is 9.18 Å². The lowest BCUT2D eigenvalue weighted by atomic mass is 10.1. The van der Waals surface area contributed by atoms with Crippen molar-refractivity contribution < 1.29 is 23.4 Å². The number of anilines is 4. The maximum absolute atomic E-state index is 14.4. The standard InChI is InChI=1S/C24H23FN6O4/c1-2-33-22(32)8-6-19-16-11-14(3-5-18(16)30-31-19)28-24-26-13-17(25)23(29-24)27-15-4-7-20-21(12-15)35-10-9-34-20/h3-5,7,11-13H,2,6,8-10H2,1H3,(H,30,31)(H2,26,27,28,29). The maximum atomic E-state index is 14.4. The first kappa shape index (κ1) is 22.4. The quantitative estimate of drug-likeness (QED) is 0.319. The van der Waals surface area contributed by atoms with Crippen LogP contribution in [0.25, 0.3) is 10.9 Å². The molecule has 0 unspecified atom stereocenters. The number of carbonyl (C=O) groups excluding carboxylic acids is 1. The van der Waals surface area contributed by atoms with E-state index in [1.54, 1.807) is 25.1 Å². The second-order valence-electron chi connectivity index (χ2n) is 7.73. The fourth-order valence-corrected chi connectivity index (χ4v) is 3.69. The number of H-pyrrole nitrogens is 1. The number of aryl methyl sites for hydroxylation is 1. The van der Waals surface area contributed by atoms with Crippen molar-refractivity contribution >= 4 is 40.0 Å². The molecule has 10 nitrogen and oxygen atoms in total. The third-order valence-electron chi connectivity index (χ3n) is 5.32. The Labute approximate surface area is 199 Å². The Kier molecular flexibility index (Phi) is 6.29. The molecule has 0 spiro atoms. The van der Waals surface area contributed by atoms with Gasteiger partial charge >= 0.3 is 5.97 Å². The van der Waals surface area contributed by atoms with Gasteiger partial charge in [-0.3, -0.25) is 9.89 Å². The van der Waals surface area contributed by atoms with Crippen molar-refractivity contribution in [3.63, 3.8) is 0 Å². The number of carbonyl (C=O) groups is 1. The van der Waals surface area contributed by atoms with Crippen LogP contribution in [0.1, 0.15) is 19.0 Å². The highest BCUT2D eigenvalue weighted by Gasteiger charge is 2.14. The van der Waals surface area contributed by atoms with Crippen LogP contribution in [-0.4, -0.2) is 46.0 Å². The normalized spacial score (nSPS) is 12.4. The lowest BCUT2D eigenvalue weighted by Gasteiger charge is -2.19. The summed E-state index contributed by atoms with van der Waals surface area (Å²) in [5.74, 6) is 0.582. The largest absolute Gasteiger partial charge is 0.486 e. The molecule has 1 aliphatic heterocycles. The minimum atomic E-state index is -0.600. The van der Waals surface area contributed by atoms with Gasteiger partial charge in [-0.05, 0) is 37.3 Å². The molecule has 5 rings (SSSR count). The minimum absolute atomic E-state index is 0.0127. The molecule has 3 N–H and O–H groups in total. The lowest BCUT2D eigenvalue weighted by molar-refractivity contribution is -0.143. The number of nitrogens with zero attached hydrogens (tertiary/aromatic N) is 3. The summed E-state index contributed by atoms with van der Waals surface area (Å²) >= 11 is 0. The second kappa shape index (κ2) is 9.84. The van der Waals surface area contributed by atoms with Crippen molar-refractivity contribution in [3.8, 4) is 11.5 Å². The minimum Gasteiger partial charge on any atom is -0.486 e. The zero-order valence-corrected chi connectivity index (χ0v) is 18.9. The Morgan fingerprint density at radius 1 is 1.11 bits per heavy atom. The number of esters is 1. The van der Waals surface area contributed by atoms with E-state index in [0.717, 1.165) is 22.8 Å². The number of hydrogen-bond donors (Lipinski definition) is 3. The first-order valence-electron chi connectivity index (χ1n) is 11.2. The summed E-state index contributed by atoms with van der Waals surface area (Å²) < 4.78 is 30.5. The molecule has 0 radical (unpaired) electrons. The molecule has 11 heteroatoms. The number of rotatable bonds is 8. The van der Waals surface area contributed by atoms with Crippen molar-refractivity contribution in [2.75, 3.05) is 30.5 Å². The van der Waals surface area contributed by atoms with Crippen LogP contribution < -0.4 is 20.1 Å². The number of benzene rings is 2. The topological polar surface area (TPSA) is 123 Å². The van der Waals surface area contributed by atoms with Gasteiger partial charge in [-0.15, -0.1) is 0 Å². The predicted molar refractivity (Wildman–Crippen MR) is 127 cm³/mol. The lowest BCUT2D eigenvalue weighted by Crippen LogP contribution is -2.15. The second-order valence-corrected chi connectivity index (χ2v) is 7.73. The van der Waals surface area contributed by atoms with E-state index < -0.39 is 5.82 Å². The van der Waals surface area contributed by atoms with Gasteiger partial charge in [0.05, 0.1) is 30.4 Å². The highest BCUT2D eigenvalue weighted by molar-refractivity contribution is 5.86. The zero-order valence-electron chi connectivity index (χ0n) is 18.9. The van der Waals surface area contributed by atoms with Gasteiger partial charge < -0.3 is 24.8 Å². The number of fused-ring (bicyclic) bond motifs is 2. The van der Waals surface area contributed by atoms with Gasteiger partial charge in [0.1, 0.15) is 13.2 Å². The van der Waals surface area contributed by atoms with E-state index in [1.165, 1.54) is 0 Å². The molecular weight excluding hydrogens is 455 g/mol. The Balaban J connectivity index is 1.33. The number of nitrogens with one attached hydrogen (secondary N) is 3. The van der Waals surface area contributed by atoms with Gasteiger partial charge in [-0.2, -0.15) is 10.1 Å². The molecule has 2 aromatic carbocycles. The van der Waals surface area contributed by atoms with E-state index >= 15 is 0 Å². The molecule has 0 aliphatic carbocycles. The van der Waals surface area contributed by atoms with Crippen LogP contribution in [0, 0.1) is 5.82 Å². The van der Waals surface area contributed by atoms with E-state index in [2.05, 4.69) is 30.8 Å². The van der Waals surface area contributed by atoms with Crippen LogP contribution in [0.5, 0.6) is 11.5 Å². The van der Waals surface area contributed by atoms with Gasteiger partial charge in [0.2, 0.25) is 5.95 Å². The fourth-order valence-electron chi connectivity index (χ4n) is 3.69. The highest BCUT2D eigenvalue weighted by Crippen LogP contribution is 2.34. The predicted octanol–water partition coefficient (Wildman–Crippen LogP) is 4.25. The SMILES string of the molecule is CCOC(=O)CCc1n[nH]c2ccc(Nc3ncc(F)c(Nc4ccc5c(c4)OCCO5)n3)cc12. The summed E-state index contributed by atoms with van der Waals surface area (Å²) in [6, 6.07) is 10.8. The van der Waals surface area contributed by atoms with Crippen molar-refractivity contribution in [1.29, 1.82) is 0 Å². The van der Waals surface area contributed by atoms with Crippen LogP contribution in [0.4, 0.5) is 27.5 Å². The van der Waals surface area contributed by atoms with Crippen LogP contribution in [-0.2, 0) is 16.0 Å². The van der Waals surface area contributed by atoms with Crippen LogP contribution >= 0.6 is 0 Å².